The number of hydrogen-bond acceptors (Lipinski definition) is 3. The number of aromatic nitrogens is 2. The highest BCUT2D eigenvalue weighted by Gasteiger charge is 2.18. The summed E-state index contributed by atoms with van der Waals surface area (Å²) < 4.78 is 0.586. The third-order valence-corrected chi connectivity index (χ3v) is 1.79. The van der Waals surface area contributed by atoms with Crippen LogP contribution in [0.25, 0.3) is 0 Å². The molecule has 1 heterocycles. The Morgan fingerprint density at radius 3 is 2.87 bits per heavy atom. The van der Waals surface area contributed by atoms with E-state index in [1.54, 1.807) is 0 Å². The number of rotatable bonds is 4. The lowest BCUT2D eigenvalue weighted by Crippen LogP contribution is -2.26. The van der Waals surface area contributed by atoms with Gasteiger partial charge in [0.25, 0.3) is 5.91 Å². The van der Waals surface area contributed by atoms with Crippen molar-refractivity contribution in [2.24, 2.45) is 0 Å². The van der Waals surface area contributed by atoms with Crippen LogP contribution < -0.4 is 5.32 Å². The van der Waals surface area contributed by atoms with Gasteiger partial charge in [0.05, 0.1) is 6.33 Å². The zero-order chi connectivity index (χ0) is 11.4. The van der Waals surface area contributed by atoms with E-state index in [1.165, 1.54) is 0 Å². The standard InChI is InChI=1S/C8H8BrN3O3/c1-4(9)2-10-7(13)5-6(8(14)15)12-3-11-5/h3H,1-2H2,(H,10,13)(H,11,12)(H,14,15). The highest BCUT2D eigenvalue weighted by molar-refractivity contribution is 9.11. The fourth-order valence-corrected chi connectivity index (χ4v) is 1.03. The van der Waals surface area contributed by atoms with Crippen molar-refractivity contribution in [2.75, 3.05) is 6.54 Å². The number of amides is 1. The summed E-state index contributed by atoms with van der Waals surface area (Å²) in [7, 11) is 0. The molecule has 0 radical (unpaired) electrons. The Morgan fingerprint density at radius 1 is 1.67 bits per heavy atom. The van der Waals surface area contributed by atoms with E-state index in [-0.39, 0.29) is 17.9 Å². The molecule has 0 aliphatic heterocycles. The molecule has 0 aliphatic carbocycles. The molecule has 1 rings (SSSR count). The summed E-state index contributed by atoms with van der Waals surface area (Å²) >= 11 is 3.06. The van der Waals surface area contributed by atoms with E-state index in [2.05, 4.69) is 37.8 Å². The highest BCUT2D eigenvalue weighted by atomic mass is 79.9. The Balaban J connectivity index is 2.78. The second kappa shape index (κ2) is 4.74. The van der Waals surface area contributed by atoms with Crippen LogP contribution in [-0.2, 0) is 0 Å². The number of halogens is 1. The van der Waals surface area contributed by atoms with Gasteiger partial charge in [0.15, 0.2) is 11.4 Å². The van der Waals surface area contributed by atoms with Gasteiger partial charge in [0.1, 0.15) is 0 Å². The van der Waals surface area contributed by atoms with E-state index < -0.39 is 11.9 Å². The Bertz CT molecular complexity index is 413. The van der Waals surface area contributed by atoms with Crippen LogP contribution in [0.3, 0.4) is 0 Å². The van der Waals surface area contributed by atoms with Crippen LogP contribution in [0, 0.1) is 0 Å². The summed E-state index contributed by atoms with van der Waals surface area (Å²) in [6.45, 7) is 3.74. The molecule has 0 aliphatic rings. The summed E-state index contributed by atoms with van der Waals surface area (Å²) in [6.07, 6.45) is 1.15. The van der Waals surface area contributed by atoms with E-state index in [4.69, 9.17) is 5.11 Å². The first-order valence-corrected chi connectivity index (χ1v) is 4.69. The second-order valence-corrected chi connectivity index (χ2v) is 3.75. The predicted molar refractivity (Wildman–Crippen MR) is 55.9 cm³/mol. The van der Waals surface area contributed by atoms with E-state index in [9.17, 15) is 9.59 Å². The number of nitrogens with zero attached hydrogens (tertiary/aromatic N) is 1. The van der Waals surface area contributed by atoms with E-state index in [0.29, 0.717) is 4.48 Å². The summed E-state index contributed by atoms with van der Waals surface area (Å²) in [5, 5.41) is 11.2. The van der Waals surface area contributed by atoms with Crippen LogP contribution in [0.4, 0.5) is 0 Å². The quantitative estimate of drug-likeness (QED) is 0.754. The number of hydrogen-bond donors (Lipinski definition) is 3. The van der Waals surface area contributed by atoms with Crippen molar-refractivity contribution in [3.63, 3.8) is 0 Å². The summed E-state index contributed by atoms with van der Waals surface area (Å²) in [5.41, 5.74) is -0.371. The molecule has 80 valence electrons. The lowest BCUT2D eigenvalue weighted by atomic mass is 10.3. The predicted octanol–water partition coefficient (Wildman–Crippen LogP) is 0.746. The van der Waals surface area contributed by atoms with Crippen LogP contribution >= 0.6 is 15.9 Å². The number of aromatic carboxylic acids is 1. The molecule has 1 aromatic rings. The lowest BCUT2D eigenvalue weighted by molar-refractivity contribution is 0.0685. The molecule has 0 unspecified atom stereocenters. The Labute approximate surface area is 93.5 Å². The van der Waals surface area contributed by atoms with Gasteiger partial charge < -0.3 is 15.4 Å². The Kier molecular flexibility index (Phi) is 3.62. The van der Waals surface area contributed by atoms with Crippen molar-refractivity contribution in [2.45, 2.75) is 0 Å². The molecule has 0 fully saturated rings. The van der Waals surface area contributed by atoms with Gasteiger partial charge in [-0.25, -0.2) is 9.78 Å². The van der Waals surface area contributed by atoms with E-state index >= 15 is 0 Å². The number of imidazole rings is 1. The first-order valence-electron chi connectivity index (χ1n) is 3.90. The molecule has 7 heteroatoms. The van der Waals surface area contributed by atoms with Gasteiger partial charge in [0.2, 0.25) is 0 Å². The minimum atomic E-state index is -1.23. The van der Waals surface area contributed by atoms with Gasteiger partial charge in [-0.3, -0.25) is 4.79 Å². The normalized spacial score (nSPS) is 9.67. The molecule has 15 heavy (non-hydrogen) atoms. The van der Waals surface area contributed by atoms with Gasteiger partial charge >= 0.3 is 5.97 Å². The van der Waals surface area contributed by atoms with Crippen LogP contribution in [0.1, 0.15) is 21.0 Å². The molecular weight excluding hydrogens is 266 g/mol. The van der Waals surface area contributed by atoms with Crippen molar-refractivity contribution in [3.8, 4) is 0 Å². The number of carboxylic acid groups (broad SMARTS) is 1. The highest BCUT2D eigenvalue weighted by Crippen LogP contribution is 2.03. The lowest BCUT2D eigenvalue weighted by Gasteiger charge is -2.01. The molecule has 0 saturated heterocycles. The van der Waals surface area contributed by atoms with Gasteiger partial charge in [-0.05, 0) is 0 Å². The summed E-state index contributed by atoms with van der Waals surface area (Å²) in [4.78, 5) is 28.1. The average molecular weight is 274 g/mol. The SMILES string of the molecule is C=C(Br)CNC(=O)c1nc[nH]c1C(=O)O. The number of nitrogens with one attached hydrogen (secondary N) is 2. The number of carbonyl (C=O) groups excluding carboxylic acids is 1. The third-order valence-electron chi connectivity index (χ3n) is 1.51. The smallest absolute Gasteiger partial charge is 0.354 e. The first kappa shape index (κ1) is 11.4. The minimum Gasteiger partial charge on any atom is -0.477 e. The fourth-order valence-electron chi connectivity index (χ4n) is 0.889. The molecule has 0 bridgehead atoms. The first-order chi connectivity index (χ1) is 7.02. The Hall–Kier alpha value is -1.63. The maximum absolute atomic E-state index is 11.4. The molecular formula is C8H8BrN3O3. The maximum Gasteiger partial charge on any atom is 0.354 e. The van der Waals surface area contributed by atoms with Crippen molar-refractivity contribution >= 4 is 27.8 Å². The third kappa shape index (κ3) is 2.91. The van der Waals surface area contributed by atoms with Crippen molar-refractivity contribution in [1.82, 2.24) is 15.3 Å². The molecule has 0 spiro atoms. The molecule has 3 N–H and O–H groups in total. The van der Waals surface area contributed by atoms with Crippen LogP contribution in [0.2, 0.25) is 0 Å². The number of carbonyl (C=O) groups is 2. The number of H-pyrrole nitrogens is 1. The van der Waals surface area contributed by atoms with Crippen molar-refractivity contribution in [1.29, 1.82) is 0 Å². The van der Waals surface area contributed by atoms with Crippen molar-refractivity contribution in [3.05, 3.63) is 28.8 Å². The van der Waals surface area contributed by atoms with Crippen LogP contribution in [-0.4, -0.2) is 33.5 Å². The molecule has 0 aromatic carbocycles. The monoisotopic (exact) mass is 273 g/mol. The van der Waals surface area contributed by atoms with Crippen LogP contribution in [0.5, 0.6) is 0 Å². The zero-order valence-corrected chi connectivity index (χ0v) is 9.17. The zero-order valence-electron chi connectivity index (χ0n) is 7.58. The second-order valence-electron chi connectivity index (χ2n) is 2.63. The van der Waals surface area contributed by atoms with E-state index in [1.807, 2.05) is 0 Å². The molecule has 0 atom stereocenters. The average Bonchev–Trinajstić information content (AvgIpc) is 2.62. The topological polar surface area (TPSA) is 95.1 Å². The maximum atomic E-state index is 11.4. The Morgan fingerprint density at radius 2 is 2.33 bits per heavy atom. The van der Waals surface area contributed by atoms with Gasteiger partial charge in [-0.1, -0.05) is 22.5 Å². The fraction of sp³-hybridized carbons (Fsp3) is 0.125. The largest absolute Gasteiger partial charge is 0.477 e. The molecule has 1 aromatic heterocycles. The van der Waals surface area contributed by atoms with Gasteiger partial charge in [0, 0.05) is 11.0 Å². The minimum absolute atomic E-state index is 0.142. The van der Waals surface area contributed by atoms with Gasteiger partial charge in [-0.2, -0.15) is 0 Å². The molecule has 1 amide bonds. The molecule has 6 nitrogen and oxygen atoms in total. The summed E-state index contributed by atoms with van der Waals surface area (Å²) in [6, 6.07) is 0. The number of carboxylic acids is 1. The van der Waals surface area contributed by atoms with Crippen molar-refractivity contribution < 1.29 is 14.7 Å². The van der Waals surface area contributed by atoms with Crippen LogP contribution in [0.15, 0.2) is 17.4 Å². The molecule has 0 saturated carbocycles. The summed E-state index contributed by atoms with van der Waals surface area (Å²) in [5.74, 6) is -1.79. The van der Waals surface area contributed by atoms with E-state index in [0.717, 1.165) is 6.33 Å². The number of aromatic amines is 1. The van der Waals surface area contributed by atoms with Gasteiger partial charge in [-0.15, -0.1) is 0 Å².